The molecule has 1 N–H and O–H groups in total. The van der Waals surface area contributed by atoms with Crippen molar-refractivity contribution in [1.29, 1.82) is 0 Å². The van der Waals surface area contributed by atoms with Gasteiger partial charge in [-0.2, -0.15) is 5.10 Å². The maximum atomic E-state index is 5.68. The minimum atomic E-state index is 0.440. The van der Waals surface area contributed by atoms with Crippen LogP contribution in [0.2, 0.25) is 0 Å². The predicted octanol–water partition coefficient (Wildman–Crippen LogP) is 1.84. The van der Waals surface area contributed by atoms with E-state index in [1.54, 1.807) is 10.9 Å². The third-order valence-corrected chi connectivity index (χ3v) is 2.92. The maximum absolute atomic E-state index is 5.68. The molecule has 5 heteroatoms. The van der Waals surface area contributed by atoms with Gasteiger partial charge in [0, 0.05) is 13.1 Å². The Hall–Kier alpha value is -1.75. The summed E-state index contributed by atoms with van der Waals surface area (Å²) in [6, 6.07) is 4.66. The lowest BCUT2D eigenvalue weighted by Crippen LogP contribution is -2.14. The van der Waals surface area contributed by atoms with Crippen molar-refractivity contribution in [1.82, 2.24) is 15.1 Å². The van der Waals surface area contributed by atoms with Gasteiger partial charge in [-0.3, -0.25) is 4.68 Å². The lowest BCUT2D eigenvalue weighted by atomic mass is 10.4. The molecule has 3 rings (SSSR count). The van der Waals surface area contributed by atoms with Gasteiger partial charge in [0.1, 0.15) is 18.1 Å². The average Bonchev–Trinajstić information content (AvgIpc) is 2.93. The first kappa shape index (κ1) is 11.3. The number of aryl methyl sites for hydroxylation is 1. The molecule has 18 heavy (non-hydrogen) atoms. The molecule has 2 aromatic rings. The molecule has 1 aliphatic carbocycles. The Morgan fingerprint density at radius 3 is 3.00 bits per heavy atom. The van der Waals surface area contributed by atoms with Crippen LogP contribution < -0.4 is 10.1 Å². The predicted molar refractivity (Wildman–Crippen MR) is 66.1 cm³/mol. The first-order valence-electron chi connectivity index (χ1n) is 6.22. The van der Waals surface area contributed by atoms with E-state index in [1.807, 2.05) is 25.4 Å². The number of rotatable bonds is 6. The fraction of sp³-hybridized carbons (Fsp3) is 0.462. The van der Waals surface area contributed by atoms with Gasteiger partial charge in [-0.25, -0.2) is 0 Å². The smallest absolute Gasteiger partial charge is 0.157 e. The molecule has 5 nitrogen and oxygen atoms in total. The van der Waals surface area contributed by atoms with Crippen molar-refractivity contribution >= 4 is 0 Å². The fourth-order valence-corrected chi connectivity index (χ4v) is 1.76. The Labute approximate surface area is 106 Å². The summed E-state index contributed by atoms with van der Waals surface area (Å²) in [5.74, 6) is 2.56. The molecule has 0 aromatic carbocycles. The normalized spacial score (nSPS) is 14.9. The Balaban J connectivity index is 1.49. The van der Waals surface area contributed by atoms with Gasteiger partial charge in [-0.05, 0) is 25.0 Å². The standard InChI is InChI=1S/C13H17N3O2/c1-16-8-13(7-15-16)17-9-12-5-4-11(18-12)6-14-10-2-3-10/h4-5,7-8,10,14H,2-3,6,9H2,1H3. The third-order valence-electron chi connectivity index (χ3n) is 2.92. The molecule has 0 amide bonds. The second kappa shape index (κ2) is 4.86. The summed E-state index contributed by atoms with van der Waals surface area (Å²) >= 11 is 0. The van der Waals surface area contributed by atoms with Crippen molar-refractivity contribution in [2.45, 2.75) is 32.0 Å². The van der Waals surface area contributed by atoms with Crippen LogP contribution in [0.4, 0.5) is 0 Å². The fourth-order valence-electron chi connectivity index (χ4n) is 1.76. The molecule has 1 fully saturated rings. The highest BCUT2D eigenvalue weighted by atomic mass is 16.5. The third kappa shape index (κ3) is 2.92. The minimum absolute atomic E-state index is 0.440. The Morgan fingerprint density at radius 1 is 1.44 bits per heavy atom. The monoisotopic (exact) mass is 247 g/mol. The summed E-state index contributed by atoms with van der Waals surface area (Å²) in [6.45, 7) is 1.24. The summed E-state index contributed by atoms with van der Waals surface area (Å²) in [5, 5.41) is 7.46. The van der Waals surface area contributed by atoms with Crippen LogP contribution in [0.3, 0.4) is 0 Å². The molecule has 2 heterocycles. The van der Waals surface area contributed by atoms with Gasteiger partial charge >= 0.3 is 0 Å². The SMILES string of the molecule is Cn1cc(OCc2ccc(CNC3CC3)o2)cn1. The summed E-state index contributed by atoms with van der Waals surface area (Å²) < 4.78 is 13.0. The molecule has 0 unspecified atom stereocenters. The van der Waals surface area contributed by atoms with E-state index < -0.39 is 0 Å². The van der Waals surface area contributed by atoms with E-state index in [0.717, 1.165) is 23.8 Å². The second-order valence-electron chi connectivity index (χ2n) is 4.66. The molecule has 2 aromatic heterocycles. The molecule has 1 aliphatic rings. The van der Waals surface area contributed by atoms with Gasteiger partial charge in [0.15, 0.2) is 5.75 Å². The van der Waals surface area contributed by atoms with Crippen LogP contribution in [0.15, 0.2) is 28.9 Å². The molecule has 0 saturated heterocycles. The van der Waals surface area contributed by atoms with Crippen LogP contribution in [0.25, 0.3) is 0 Å². The lowest BCUT2D eigenvalue weighted by Gasteiger charge is -2.01. The molecule has 0 radical (unpaired) electrons. The van der Waals surface area contributed by atoms with Crippen LogP contribution in [-0.2, 0) is 20.2 Å². The Morgan fingerprint density at radius 2 is 2.28 bits per heavy atom. The molecule has 0 spiro atoms. The zero-order valence-corrected chi connectivity index (χ0v) is 10.4. The van der Waals surface area contributed by atoms with Crippen LogP contribution >= 0.6 is 0 Å². The van der Waals surface area contributed by atoms with E-state index in [2.05, 4.69) is 10.4 Å². The van der Waals surface area contributed by atoms with E-state index in [1.165, 1.54) is 12.8 Å². The first-order chi connectivity index (χ1) is 8.79. The summed E-state index contributed by atoms with van der Waals surface area (Å²) in [5.41, 5.74) is 0. The highest BCUT2D eigenvalue weighted by Gasteiger charge is 2.20. The molecule has 0 aliphatic heterocycles. The Kier molecular flexibility index (Phi) is 3.06. The van der Waals surface area contributed by atoms with E-state index in [9.17, 15) is 0 Å². The van der Waals surface area contributed by atoms with Crippen molar-refractivity contribution in [3.05, 3.63) is 36.0 Å². The van der Waals surface area contributed by atoms with Crippen molar-refractivity contribution in [3.63, 3.8) is 0 Å². The van der Waals surface area contributed by atoms with Crippen LogP contribution in [0, 0.1) is 0 Å². The molecule has 1 saturated carbocycles. The molecule has 0 bridgehead atoms. The number of nitrogens with one attached hydrogen (secondary N) is 1. The number of hydrogen-bond donors (Lipinski definition) is 1. The van der Waals surface area contributed by atoms with E-state index in [0.29, 0.717) is 12.6 Å². The highest BCUT2D eigenvalue weighted by molar-refractivity contribution is 5.13. The van der Waals surface area contributed by atoms with Crippen LogP contribution in [0.1, 0.15) is 24.4 Å². The molecule has 0 atom stereocenters. The van der Waals surface area contributed by atoms with Crippen molar-refractivity contribution in [3.8, 4) is 5.75 Å². The number of furan rings is 1. The second-order valence-corrected chi connectivity index (χ2v) is 4.66. The van der Waals surface area contributed by atoms with Crippen LogP contribution in [-0.4, -0.2) is 15.8 Å². The zero-order valence-electron chi connectivity index (χ0n) is 10.4. The number of aromatic nitrogens is 2. The minimum Gasteiger partial charge on any atom is -0.482 e. The average molecular weight is 247 g/mol. The van der Waals surface area contributed by atoms with Gasteiger partial charge in [-0.15, -0.1) is 0 Å². The zero-order chi connectivity index (χ0) is 12.4. The maximum Gasteiger partial charge on any atom is 0.157 e. The summed E-state index contributed by atoms with van der Waals surface area (Å²) in [7, 11) is 1.86. The number of ether oxygens (including phenoxy) is 1. The molecule has 96 valence electrons. The molecular formula is C13H17N3O2. The Bertz CT molecular complexity index is 514. The highest BCUT2D eigenvalue weighted by Crippen LogP contribution is 2.20. The first-order valence-corrected chi connectivity index (χ1v) is 6.22. The van der Waals surface area contributed by atoms with Gasteiger partial charge in [-0.1, -0.05) is 0 Å². The quantitative estimate of drug-likeness (QED) is 0.846. The van der Waals surface area contributed by atoms with E-state index >= 15 is 0 Å². The van der Waals surface area contributed by atoms with Crippen molar-refractivity contribution in [2.24, 2.45) is 7.05 Å². The van der Waals surface area contributed by atoms with E-state index in [-0.39, 0.29) is 0 Å². The largest absolute Gasteiger partial charge is 0.482 e. The molecular weight excluding hydrogens is 230 g/mol. The lowest BCUT2D eigenvalue weighted by molar-refractivity contribution is 0.265. The van der Waals surface area contributed by atoms with Crippen LogP contribution in [0.5, 0.6) is 5.75 Å². The van der Waals surface area contributed by atoms with Gasteiger partial charge in [0.2, 0.25) is 0 Å². The summed E-state index contributed by atoms with van der Waals surface area (Å²) in [6.07, 6.45) is 6.10. The van der Waals surface area contributed by atoms with Crippen molar-refractivity contribution < 1.29 is 9.15 Å². The van der Waals surface area contributed by atoms with Gasteiger partial charge in [0.05, 0.1) is 18.9 Å². The summed E-state index contributed by atoms with van der Waals surface area (Å²) in [4.78, 5) is 0. The van der Waals surface area contributed by atoms with E-state index in [4.69, 9.17) is 9.15 Å². The van der Waals surface area contributed by atoms with Gasteiger partial charge in [0.25, 0.3) is 0 Å². The number of nitrogens with zero attached hydrogens (tertiary/aromatic N) is 2. The topological polar surface area (TPSA) is 52.2 Å². The number of hydrogen-bond acceptors (Lipinski definition) is 4. The van der Waals surface area contributed by atoms with Crippen molar-refractivity contribution in [2.75, 3.05) is 0 Å². The van der Waals surface area contributed by atoms with Gasteiger partial charge < -0.3 is 14.5 Å².